The van der Waals surface area contributed by atoms with Crippen LogP contribution in [0.25, 0.3) is 0 Å². The monoisotopic (exact) mass is 348 g/mol. The number of halogens is 2. The molecule has 1 aliphatic heterocycles. The van der Waals surface area contributed by atoms with E-state index in [4.69, 9.17) is 11.6 Å². The average molecular weight is 349 g/mol. The van der Waals surface area contributed by atoms with E-state index < -0.39 is 15.8 Å². The van der Waals surface area contributed by atoms with Crippen molar-refractivity contribution in [3.8, 4) is 0 Å². The zero-order valence-electron chi connectivity index (χ0n) is 12.9. The molecule has 0 spiro atoms. The van der Waals surface area contributed by atoms with Gasteiger partial charge in [-0.25, -0.2) is 12.8 Å². The van der Waals surface area contributed by atoms with Crippen LogP contribution in [-0.2, 0) is 10.0 Å². The van der Waals surface area contributed by atoms with E-state index in [1.165, 1.54) is 17.3 Å². The topological polar surface area (TPSA) is 49.4 Å². The number of rotatable bonds is 5. The van der Waals surface area contributed by atoms with Crippen LogP contribution < -0.4 is 5.32 Å². The van der Waals surface area contributed by atoms with Crippen LogP contribution in [0.5, 0.6) is 0 Å². The number of piperidine rings is 1. The van der Waals surface area contributed by atoms with Crippen LogP contribution in [0.1, 0.15) is 25.3 Å². The summed E-state index contributed by atoms with van der Waals surface area (Å²) in [6, 6.07) is 2.39. The lowest BCUT2D eigenvalue weighted by atomic mass is 9.98. The molecule has 1 N–H and O–H groups in total. The fourth-order valence-corrected chi connectivity index (χ4v) is 4.71. The van der Waals surface area contributed by atoms with Gasteiger partial charge in [0, 0.05) is 13.1 Å². The lowest BCUT2D eigenvalue weighted by molar-refractivity contribution is 0.268. The average Bonchev–Trinajstić information content (AvgIpc) is 2.49. The molecule has 0 saturated carbocycles. The Labute approximate surface area is 136 Å². The van der Waals surface area contributed by atoms with Crippen molar-refractivity contribution in [2.75, 3.05) is 26.2 Å². The van der Waals surface area contributed by atoms with Crippen molar-refractivity contribution in [3.05, 3.63) is 28.5 Å². The number of aryl methyl sites for hydroxylation is 1. The third kappa shape index (κ3) is 3.79. The summed E-state index contributed by atoms with van der Waals surface area (Å²) < 4.78 is 40.3. The summed E-state index contributed by atoms with van der Waals surface area (Å²) in [7, 11) is -3.66. The Balaban J connectivity index is 2.14. The molecule has 4 nitrogen and oxygen atoms in total. The molecular formula is C15H22ClFN2O2S. The van der Waals surface area contributed by atoms with Crippen molar-refractivity contribution in [2.45, 2.75) is 31.6 Å². The summed E-state index contributed by atoms with van der Waals surface area (Å²) in [5.74, 6) is 0.00474. The van der Waals surface area contributed by atoms with Crippen LogP contribution in [0.2, 0.25) is 5.02 Å². The molecular weight excluding hydrogens is 327 g/mol. The summed E-state index contributed by atoms with van der Waals surface area (Å²) in [5, 5.41) is 3.24. The number of sulfonamides is 1. The summed E-state index contributed by atoms with van der Waals surface area (Å²) >= 11 is 5.95. The number of nitrogens with one attached hydrogen (secondary N) is 1. The van der Waals surface area contributed by atoms with Gasteiger partial charge in [0.25, 0.3) is 0 Å². The summed E-state index contributed by atoms with van der Waals surface area (Å²) in [6.07, 6.45) is 1.65. The van der Waals surface area contributed by atoms with Crippen LogP contribution in [0.4, 0.5) is 4.39 Å². The Morgan fingerprint density at radius 3 is 2.59 bits per heavy atom. The highest BCUT2D eigenvalue weighted by Crippen LogP contribution is 2.30. The smallest absolute Gasteiger partial charge is 0.244 e. The minimum absolute atomic E-state index is 0.00167. The molecule has 0 amide bonds. The minimum Gasteiger partial charge on any atom is -0.317 e. The van der Waals surface area contributed by atoms with Gasteiger partial charge in [-0.2, -0.15) is 4.31 Å². The second kappa shape index (κ2) is 7.25. The van der Waals surface area contributed by atoms with Gasteiger partial charge in [0.2, 0.25) is 10.0 Å². The molecule has 1 heterocycles. The van der Waals surface area contributed by atoms with Crippen molar-refractivity contribution in [2.24, 2.45) is 5.92 Å². The highest BCUT2D eigenvalue weighted by atomic mass is 35.5. The van der Waals surface area contributed by atoms with Gasteiger partial charge in [0.15, 0.2) is 0 Å². The standard InChI is InChI=1S/C15H22ClFN2O2S/c1-3-18-10-12-4-6-19(7-5-12)22(20,21)15-8-11(2)14(17)9-13(15)16/h8-9,12,18H,3-7,10H2,1-2H3. The Bertz CT molecular complexity index is 629. The first kappa shape index (κ1) is 17.7. The molecule has 2 rings (SSSR count). The second-order valence-electron chi connectivity index (χ2n) is 5.69. The Morgan fingerprint density at radius 1 is 1.36 bits per heavy atom. The highest BCUT2D eigenvalue weighted by molar-refractivity contribution is 7.89. The molecule has 0 aromatic heterocycles. The van der Waals surface area contributed by atoms with E-state index in [9.17, 15) is 12.8 Å². The van der Waals surface area contributed by atoms with E-state index in [1.54, 1.807) is 0 Å². The van der Waals surface area contributed by atoms with Crippen LogP contribution in [0, 0.1) is 18.7 Å². The number of benzene rings is 1. The van der Waals surface area contributed by atoms with Gasteiger partial charge in [0.05, 0.1) is 5.02 Å². The molecule has 1 aliphatic rings. The van der Waals surface area contributed by atoms with Crippen LogP contribution >= 0.6 is 11.6 Å². The molecule has 22 heavy (non-hydrogen) atoms. The van der Waals surface area contributed by atoms with E-state index >= 15 is 0 Å². The second-order valence-corrected chi connectivity index (χ2v) is 8.00. The SMILES string of the molecule is CCNCC1CCN(S(=O)(=O)c2cc(C)c(F)cc2Cl)CC1. The Hall–Kier alpha value is -0.690. The molecule has 124 valence electrons. The van der Waals surface area contributed by atoms with Gasteiger partial charge in [0.1, 0.15) is 10.7 Å². The van der Waals surface area contributed by atoms with Gasteiger partial charge < -0.3 is 5.32 Å². The largest absolute Gasteiger partial charge is 0.317 e. The zero-order valence-corrected chi connectivity index (χ0v) is 14.5. The molecule has 0 radical (unpaired) electrons. The quantitative estimate of drug-likeness (QED) is 0.890. The minimum atomic E-state index is -3.66. The summed E-state index contributed by atoms with van der Waals surface area (Å²) in [6.45, 7) is 6.38. The molecule has 1 fully saturated rings. The number of hydrogen-bond donors (Lipinski definition) is 1. The maximum atomic E-state index is 13.5. The van der Waals surface area contributed by atoms with Crippen molar-refractivity contribution in [3.63, 3.8) is 0 Å². The van der Waals surface area contributed by atoms with Crippen LogP contribution in [0.15, 0.2) is 17.0 Å². The van der Waals surface area contributed by atoms with Crippen molar-refractivity contribution in [1.82, 2.24) is 9.62 Å². The van der Waals surface area contributed by atoms with E-state index in [0.29, 0.717) is 19.0 Å². The van der Waals surface area contributed by atoms with Crippen LogP contribution in [-0.4, -0.2) is 38.9 Å². The summed E-state index contributed by atoms with van der Waals surface area (Å²) in [4.78, 5) is -0.00167. The lowest BCUT2D eigenvalue weighted by Crippen LogP contribution is -2.40. The Kier molecular flexibility index (Phi) is 5.82. The third-order valence-electron chi connectivity index (χ3n) is 4.09. The fourth-order valence-electron chi connectivity index (χ4n) is 2.67. The molecule has 0 atom stereocenters. The maximum absolute atomic E-state index is 13.5. The van der Waals surface area contributed by atoms with E-state index in [2.05, 4.69) is 12.2 Å². The normalized spacial score (nSPS) is 17.8. The van der Waals surface area contributed by atoms with Crippen molar-refractivity contribution in [1.29, 1.82) is 0 Å². The zero-order chi connectivity index (χ0) is 16.3. The van der Waals surface area contributed by atoms with E-state index in [-0.39, 0.29) is 15.5 Å². The van der Waals surface area contributed by atoms with E-state index in [0.717, 1.165) is 32.0 Å². The fraction of sp³-hybridized carbons (Fsp3) is 0.600. The number of hydrogen-bond acceptors (Lipinski definition) is 3. The molecule has 0 aliphatic carbocycles. The Morgan fingerprint density at radius 2 is 2.00 bits per heavy atom. The molecule has 7 heteroatoms. The predicted octanol–water partition coefficient (Wildman–Crippen LogP) is 2.80. The maximum Gasteiger partial charge on any atom is 0.244 e. The molecule has 0 unspecified atom stereocenters. The van der Waals surface area contributed by atoms with Crippen molar-refractivity contribution < 1.29 is 12.8 Å². The number of nitrogens with zero attached hydrogens (tertiary/aromatic N) is 1. The molecule has 1 saturated heterocycles. The third-order valence-corrected chi connectivity index (χ3v) is 6.45. The first-order valence-electron chi connectivity index (χ1n) is 7.52. The first-order valence-corrected chi connectivity index (χ1v) is 9.34. The van der Waals surface area contributed by atoms with Gasteiger partial charge in [-0.05, 0) is 56.5 Å². The lowest BCUT2D eigenvalue weighted by Gasteiger charge is -2.31. The van der Waals surface area contributed by atoms with Crippen LogP contribution in [0.3, 0.4) is 0 Å². The highest BCUT2D eigenvalue weighted by Gasteiger charge is 2.31. The van der Waals surface area contributed by atoms with Gasteiger partial charge in [-0.15, -0.1) is 0 Å². The van der Waals surface area contributed by atoms with E-state index in [1.807, 2.05) is 0 Å². The van der Waals surface area contributed by atoms with Gasteiger partial charge in [-0.3, -0.25) is 0 Å². The molecule has 1 aromatic rings. The van der Waals surface area contributed by atoms with Crippen molar-refractivity contribution >= 4 is 21.6 Å². The first-order chi connectivity index (χ1) is 10.4. The molecule has 0 bridgehead atoms. The predicted molar refractivity (Wildman–Crippen MR) is 86.2 cm³/mol. The van der Waals surface area contributed by atoms with Gasteiger partial charge in [-0.1, -0.05) is 18.5 Å². The molecule has 1 aromatic carbocycles. The summed E-state index contributed by atoms with van der Waals surface area (Å²) in [5.41, 5.74) is 0.282. The van der Waals surface area contributed by atoms with Gasteiger partial charge >= 0.3 is 0 Å².